The predicted molar refractivity (Wildman–Crippen MR) is 162 cm³/mol. The molecule has 3 fully saturated rings. The number of halogens is 3. The van der Waals surface area contributed by atoms with Crippen LogP contribution in [0.5, 0.6) is 0 Å². The summed E-state index contributed by atoms with van der Waals surface area (Å²) in [5.41, 5.74) is 0.674. The molecule has 7 nitrogen and oxygen atoms in total. The van der Waals surface area contributed by atoms with Gasteiger partial charge in [-0.2, -0.15) is 5.26 Å². The number of ketones is 1. The molecule has 44 heavy (non-hydrogen) atoms. The Morgan fingerprint density at radius 3 is 2.84 bits per heavy atom. The number of nitriles is 1. The maximum absolute atomic E-state index is 15.4. The van der Waals surface area contributed by atoms with E-state index in [1.54, 1.807) is 6.20 Å². The van der Waals surface area contributed by atoms with E-state index in [1.165, 1.54) is 12.1 Å². The van der Waals surface area contributed by atoms with Crippen LogP contribution in [0.25, 0.3) is 0 Å². The zero-order chi connectivity index (χ0) is 31.1. The number of carbonyl (C=O) groups is 1. The number of ether oxygens (including phenoxy) is 2. The van der Waals surface area contributed by atoms with Gasteiger partial charge in [0.2, 0.25) is 0 Å². The van der Waals surface area contributed by atoms with Crippen molar-refractivity contribution in [3.63, 3.8) is 0 Å². The Bertz CT molecular complexity index is 1430. The largest absolute Gasteiger partial charge is 0.364 e. The predicted octanol–water partition coefficient (Wildman–Crippen LogP) is 6.49. The van der Waals surface area contributed by atoms with Gasteiger partial charge in [0.15, 0.2) is 5.78 Å². The fourth-order valence-electron chi connectivity index (χ4n) is 8.40. The van der Waals surface area contributed by atoms with Crippen LogP contribution < -0.4 is 0 Å². The third kappa shape index (κ3) is 5.69. The van der Waals surface area contributed by atoms with E-state index in [2.05, 4.69) is 20.9 Å². The molecule has 6 atom stereocenters. The minimum Gasteiger partial charge on any atom is -0.364 e. The van der Waals surface area contributed by atoms with Crippen molar-refractivity contribution < 1.29 is 23.0 Å². The van der Waals surface area contributed by atoms with Gasteiger partial charge in [0, 0.05) is 48.9 Å². The molecule has 4 heterocycles. The van der Waals surface area contributed by atoms with Gasteiger partial charge in [0.1, 0.15) is 23.5 Å². The summed E-state index contributed by atoms with van der Waals surface area (Å²) in [4.78, 5) is 23.8. The molecule has 10 heteroatoms. The van der Waals surface area contributed by atoms with Crippen molar-refractivity contribution in [3.05, 3.63) is 63.9 Å². The second-order valence-electron chi connectivity index (χ2n) is 13.2. The zero-order valence-electron chi connectivity index (χ0n) is 25.5. The Balaban J connectivity index is 1.32. The highest BCUT2D eigenvalue weighted by atomic mass is 35.5. The number of fused-ring (bicyclic) bond motifs is 2. The van der Waals surface area contributed by atoms with E-state index in [0.717, 1.165) is 43.0 Å². The van der Waals surface area contributed by atoms with Crippen molar-refractivity contribution >= 4 is 17.4 Å². The quantitative estimate of drug-likeness (QED) is 0.332. The maximum Gasteiger partial charge on any atom is 0.167 e. The molecule has 3 aliphatic heterocycles. The summed E-state index contributed by atoms with van der Waals surface area (Å²) in [6, 6.07) is 7.90. The van der Waals surface area contributed by atoms with E-state index in [4.69, 9.17) is 21.1 Å². The number of piperidine rings is 1. The topological polar surface area (TPSA) is 78.7 Å². The summed E-state index contributed by atoms with van der Waals surface area (Å²) >= 11 is 6.22. The number of nitrogens with zero attached hydrogens (tertiary/aromatic N) is 4. The van der Waals surface area contributed by atoms with Gasteiger partial charge in [-0.05, 0) is 83.0 Å². The fraction of sp³-hybridized carbons (Fsp3) is 0.618. The van der Waals surface area contributed by atoms with Crippen LogP contribution in [0.2, 0.25) is 5.02 Å². The Morgan fingerprint density at radius 2 is 2.09 bits per heavy atom. The second kappa shape index (κ2) is 12.7. The monoisotopic (exact) mass is 626 g/mol. The first-order valence-corrected chi connectivity index (χ1v) is 16.3. The number of hydrogen-bond acceptors (Lipinski definition) is 7. The van der Waals surface area contributed by atoms with Crippen molar-refractivity contribution in [1.82, 2.24) is 14.8 Å². The lowest BCUT2D eigenvalue weighted by Crippen LogP contribution is -2.62. The fourth-order valence-corrected chi connectivity index (χ4v) is 8.58. The normalized spacial score (nSPS) is 31.2. The smallest absolute Gasteiger partial charge is 0.167 e. The summed E-state index contributed by atoms with van der Waals surface area (Å²) in [6.07, 6.45) is 7.97. The average molecular weight is 627 g/mol. The molecule has 236 valence electrons. The van der Waals surface area contributed by atoms with Crippen molar-refractivity contribution in [1.29, 1.82) is 5.26 Å². The number of hydrogen-bond donors (Lipinski definition) is 0. The third-order valence-electron chi connectivity index (χ3n) is 10.6. The van der Waals surface area contributed by atoms with E-state index in [9.17, 15) is 14.4 Å². The molecule has 2 saturated heterocycles. The lowest BCUT2D eigenvalue weighted by Gasteiger charge is -2.49. The summed E-state index contributed by atoms with van der Waals surface area (Å²) < 4.78 is 41.9. The first-order valence-electron chi connectivity index (χ1n) is 15.9. The molecular formula is C34H41ClF2N4O3. The number of benzene rings is 1. The van der Waals surface area contributed by atoms with Crippen molar-refractivity contribution in [2.75, 3.05) is 26.7 Å². The standard InChI is InChI=1S/C34H41ClF2N4O3/c1-22(18-38)14-26-17-33(32-23(21-44-33)15-24(35)19-39-32)11-12-41(26)20-30(42)34(40(2)31-7-3-4-13-43-31)10-5-6-28(34)27-9-8-25(36)16-29(27)37/h8-9,15-16,19,22,26,28,31H,3-7,10-14,17,20-21H2,1-2H3/t22?,26?,28-,31?,33?,34-/m1/s1. The van der Waals surface area contributed by atoms with E-state index in [-0.39, 0.29) is 30.5 Å². The lowest BCUT2D eigenvalue weighted by molar-refractivity contribution is -0.155. The van der Waals surface area contributed by atoms with Crippen molar-refractivity contribution in [2.45, 2.75) is 101 Å². The van der Waals surface area contributed by atoms with Crippen LogP contribution in [0.3, 0.4) is 0 Å². The Labute approximate surface area is 263 Å². The molecule has 1 spiro atoms. The number of carbonyl (C=O) groups excluding carboxylic acids is 1. The molecule has 0 bridgehead atoms. The number of rotatable bonds is 8. The molecular weight excluding hydrogens is 586 g/mol. The summed E-state index contributed by atoms with van der Waals surface area (Å²) in [6.45, 7) is 3.72. The van der Waals surface area contributed by atoms with E-state index in [1.807, 2.05) is 20.0 Å². The van der Waals surface area contributed by atoms with E-state index >= 15 is 4.39 Å². The molecule has 0 radical (unpaired) electrons. The Morgan fingerprint density at radius 1 is 1.25 bits per heavy atom. The van der Waals surface area contributed by atoms with E-state index < -0.39 is 28.7 Å². The van der Waals surface area contributed by atoms with Gasteiger partial charge in [-0.3, -0.25) is 19.6 Å². The Kier molecular flexibility index (Phi) is 9.11. The highest BCUT2D eigenvalue weighted by molar-refractivity contribution is 6.30. The summed E-state index contributed by atoms with van der Waals surface area (Å²) in [7, 11) is 1.94. The second-order valence-corrected chi connectivity index (χ2v) is 13.6. The molecule has 1 aromatic carbocycles. The number of aromatic nitrogens is 1. The van der Waals surface area contributed by atoms with Gasteiger partial charge >= 0.3 is 0 Å². The van der Waals surface area contributed by atoms with Crippen LogP contribution >= 0.6 is 11.6 Å². The van der Waals surface area contributed by atoms with Gasteiger partial charge in [-0.1, -0.05) is 24.1 Å². The molecule has 0 N–H and O–H groups in total. The molecule has 1 aromatic heterocycles. The first-order chi connectivity index (χ1) is 21.2. The molecule has 6 rings (SSSR count). The molecule has 0 amide bonds. The maximum atomic E-state index is 15.4. The summed E-state index contributed by atoms with van der Waals surface area (Å²) in [5.74, 6) is -1.88. The molecule has 2 aromatic rings. The highest BCUT2D eigenvalue weighted by Gasteiger charge is 2.56. The third-order valence-corrected chi connectivity index (χ3v) is 10.8. The molecule has 4 aliphatic rings. The Hall–Kier alpha value is -2.48. The average Bonchev–Trinajstić information content (AvgIpc) is 3.61. The van der Waals surface area contributed by atoms with Crippen molar-refractivity contribution in [3.8, 4) is 6.07 Å². The van der Waals surface area contributed by atoms with Crippen LogP contribution in [0.15, 0.2) is 30.5 Å². The van der Waals surface area contributed by atoms with Crippen LogP contribution in [0, 0.1) is 28.9 Å². The SMILES string of the molecule is CC(C#N)CC1CC2(CCN1CC(=O)[C@@]1(N(C)C3CCCCO3)CCC[C@@H]1c1ccc(F)cc1F)OCc1cc(Cl)cnc12. The van der Waals surface area contributed by atoms with Crippen LogP contribution in [-0.4, -0.2) is 65.1 Å². The van der Waals surface area contributed by atoms with Gasteiger partial charge in [-0.15, -0.1) is 0 Å². The van der Waals surface area contributed by atoms with Crippen molar-refractivity contribution in [2.24, 2.45) is 5.92 Å². The van der Waals surface area contributed by atoms with Gasteiger partial charge in [0.05, 0.1) is 35.5 Å². The first kappa shape index (κ1) is 31.5. The summed E-state index contributed by atoms with van der Waals surface area (Å²) in [5, 5.41) is 10.3. The molecule has 1 saturated carbocycles. The van der Waals surface area contributed by atoms with Gasteiger partial charge in [-0.25, -0.2) is 8.78 Å². The minimum absolute atomic E-state index is 0.0172. The number of Topliss-reactive ketones (excluding diaryl/α,β-unsaturated/α-hetero) is 1. The number of pyridine rings is 1. The van der Waals surface area contributed by atoms with Crippen LogP contribution in [-0.2, 0) is 26.5 Å². The number of likely N-dealkylation sites (tertiary alicyclic amines) is 1. The van der Waals surface area contributed by atoms with E-state index in [0.29, 0.717) is 62.4 Å². The number of likely N-dealkylation sites (N-methyl/N-ethyl adjacent to an activating group) is 1. The molecule has 4 unspecified atom stereocenters. The molecule has 1 aliphatic carbocycles. The van der Waals surface area contributed by atoms with Crippen LogP contribution in [0.1, 0.15) is 87.4 Å². The minimum atomic E-state index is -1.00. The zero-order valence-corrected chi connectivity index (χ0v) is 26.3. The lowest BCUT2D eigenvalue weighted by atomic mass is 9.75. The highest BCUT2D eigenvalue weighted by Crippen LogP contribution is 2.50. The van der Waals surface area contributed by atoms with Crippen LogP contribution in [0.4, 0.5) is 8.78 Å². The van der Waals surface area contributed by atoms with Gasteiger partial charge < -0.3 is 9.47 Å². The van der Waals surface area contributed by atoms with Gasteiger partial charge in [0.25, 0.3) is 0 Å².